The Morgan fingerprint density at radius 1 is 1.17 bits per heavy atom. The van der Waals surface area contributed by atoms with Crippen LogP contribution in [0.3, 0.4) is 0 Å². The van der Waals surface area contributed by atoms with Gasteiger partial charge in [0.05, 0.1) is 5.52 Å². The second-order valence-electron chi connectivity index (χ2n) is 6.44. The summed E-state index contributed by atoms with van der Waals surface area (Å²) in [6, 6.07) is 8.42. The molecule has 0 saturated carbocycles. The normalized spacial score (nSPS) is 11.5. The van der Waals surface area contributed by atoms with Crippen molar-refractivity contribution in [1.82, 2.24) is 24.6 Å². The second kappa shape index (κ2) is 7.53. The van der Waals surface area contributed by atoms with Crippen LogP contribution in [0.15, 0.2) is 36.7 Å². The molecule has 0 aliphatic heterocycles. The van der Waals surface area contributed by atoms with E-state index in [-0.39, 0.29) is 0 Å². The van der Waals surface area contributed by atoms with Crippen LogP contribution < -0.4 is 0 Å². The van der Waals surface area contributed by atoms with Crippen molar-refractivity contribution in [3.8, 4) is 0 Å². The molecule has 0 aliphatic rings. The van der Waals surface area contributed by atoms with E-state index in [1.54, 1.807) is 0 Å². The summed E-state index contributed by atoms with van der Waals surface area (Å²) >= 11 is 0. The van der Waals surface area contributed by atoms with Gasteiger partial charge in [-0.3, -0.25) is 4.68 Å². The van der Waals surface area contributed by atoms with Crippen molar-refractivity contribution >= 4 is 10.9 Å². The molecule has 0 atom stereocenters. The Bertz CT molecular complexity index is 806. The number of hydrogen-bond acceptors (Lipinski definition) is 4. The zero-order valence-electron chi connectivity index (χ0n) is 14.7. The van der Waals surface area contributed by atoms with Crippen LogP contribution in [0.2, 0.25) is 0 Å². The van der Waals surface area contributed by atoms with Crippen LogP contribution in [0.25, 0.3) is 10.9 Å². The largest absolute Gasteiger partial charge is 0.309 e. The summed E-state index contributed by atoms with van der Waals surface area (Å²) in [6.07, 6.45) is 6.76. The topological polar surface area (TPSA) is 46.8 Å². The first-order chi connectivity index (χ1) is 11.6. The van der Waals surface area contributed by atoms with Crippen molar-refractivity contribution in [3.05, 3.63) is 53.7 Å². The van der Waals surface area contributed by atoms with Gasteiger partial charge in [-0.25, -0.2) is 9.97 Å². The Labute approximate surface area is 143 Å². The van der Waals surface area contributed by atoms with Gasteiger partial charge in [-0.2, -0.15) is 5.10 Å². The van der Waals surface area contributed by atoms with Crippen molar-refractivity contribution < 1.29 is 0 Å². The first-order valence-corrected chi connectivity index (χ1v) is 8.55. The minimum atomic E-state index is 0.747. The van der Waals surface area contributed by atoms with Gasteiger partial charge in [-0.1, -0.05) is 19.1 Å². The minimum absolute atomic E-state index is 0.747. The summed E-state index contributed by atoms with van der Waals surface area (Å²) < 4.78 is 2.05. The molecule has 0 amide bonds. The van der Waals surface area contributed by atoms with Crippen molar-refractivity contribution in [2.24, 2.45) is 0 Å². The molecule has 5 heteroatoms. The van der Waals surface area contributed by atoms with Crippen LogP contribution in [0, 0.1) is 0 Å². The van der Waals surface area contributed by atoms with Gasteiger partial charge in [0.1, 0.15) is 5.82 Å². The lowest BCUT2D eigenvalue weighted by Gasteiger charge is -2.08. The molecule has 0 bridgehead atoms. The lowest BCUT2D eigenvalue weighted by molar-refractivity contribution is 0.381. The third-order valence-electron chi connectivity index (χ3n) is 4.10. The van der Waals surface area contributed by atoms with Gasteiger partial charge in [-0.15, -0.1) is 0 Å². The number of aromatic nitrogens is 4. The van der Waals surface area contributed by atoms with Gasteiger partial charge in [0.15, 0.2) is 0 Å². The summed E-state index contributed by atoms with van der Waals surface area (Å²) in [5.74, 6) is 0.874. The molecule has 3 rings (SSSR count). The lowest BCUT2D eigenvalue weighted by atomic mass is 10.1. The van der Waals surface area contributed by atoms with Gasteiger partial charge in [0.25, 0.3) is 0 Å². The van der Waals surface area contributed by atoms with Crippen molar-refractivity contribution in [3.63, 3.8) is 0 Å². The molecule has 126 valence electrons. The molecule has 0 saturated heterocycles. The van der Waals surface area contributed by atoms with E-state index in [0.717, 1.165) is 49.4 Å². The maximum atomic E-state index is 4.70. The number of rotatable bonds is 7. The number of benzene rings is 1. The van der Waals surface area contributed by atoms with Crippen LogP contribution in [0.5, 0.6) is 0 Å². The molecule has 2 heterocycles. The fourth-order valence-corrected chi connectivity index (χ4v) is 2.79. The van der Waals surface area contributed by atoms with E-state index in [2.05, 4.69) is 60.3 Å². The number of nitrogens with zero attached hydrogens (tertiary/aromatic N) is 5. The first kappa shape index (κ1) is 16.6. The molecule has 2 aromatic heterocycles. The SMILES string of the molecule is CCc1ccnc(Cc2ccc3cn(CCCN(C)C)nc3c2)n1. The number of aryl methyl sites for hydroxylation is 2. The maximum Gasteiger partial charge on any atom is 0.132 e. The summed E-state index contributed by atoms with van der Waals surface area (Å²) in [4.78, 5) is 11.2. The van der Waals surface area contributed by atoms with E-state index < -0.39 is 0 Å². The van der Waals surface area contributed by atoms with E-state index in [4.69, 9.17) is 5.10 Å². The molecule has 5 nitrogen and oxygen atoms in total. The Morgan fingerprint density at radius 3 is 2.83 bits per heavy atom. The Morgan fingerprint density at radius 2 is 2.04 bits per heavy atom. The predicted molar refractivity (Wildman–Crippen MR) is 97.1 cm³/mol. The highest BCUT2D eigenvalue weighted by Crippen LogP contribution is 2.16. The van der Waals surface area contributed by atoms with Crippen molar-refractivity contribution in [2.45, 2.75) is 32.7 Å². The van der Waals surface area contributed by atoms with E-state index in [0.29, 0.717) is 0 Å². The monoisotopic (exact) mass is 323 g/mol. The smallest absolute Gasteiger partial charge is 0.132 e. The van der Waals surface area contributed by atoms with Crippen molar-refractivity contribution in [1.29, 1.82) is 0 Å². The quantitative estimate of drug-likeness (QED) is 0.671. The van der Waals surface area contributed by atoms with E-state index in [9.17, 15) is 0 Å². The molecule has 3 aromatic rings. The van der Waals surface area contributed by atoms with E-state index >= 15 is 0 Å². The van der Waals surface area contributed by atoms with Crippen LogP contribution in [0.4, 0.5) is 0 Å². The third kappa shape index (κ3) is 4.17. The molecule has 0 unspecified atom stereocenters. The molecule has 0 aliphatic carbocycles. The molecule has 0 radical (unpaired) electrons. The van der Waals surface area contributed by atoms with Gasteiger partial charge >= 0.3 is 0 Å². The van der Waals surface area contributed by atoms with Crippen LogP contribution in [-0.2, 0) is 19.4 Å². The molecule has 0 spiro atoms. The maximum absolute atomic E-state index is 4.70. The zero-order valence-corrected chi connectivity index (χ0v) is 14.7. The van der Waals surface area contributed by atoms with E-state index in [1.807, 2.05) is 16.9 Å². The molecular weight excluding hydrogens is 298 g/mol. The highest BCUT2D eigenvalue weighted by molar-refractivity contribution is 5.78. The first-order valence-electron chi connectivity index (χ1n) is 8.55. The zero-order chi connectivity index (χ0) is 16.9. The van der Waals surface area contributed by atoms with Gasteiger partial charge < -0.3 is 4.90 Å². The average molecular weight is 323 g/mol. The Kier molecular flexibility index (Phi) is 5.20. The van der Waals surface area contributed by atoms with Gasteiger partial charge in [0, 0.05) is 36.4 Å². The number of hydrogen-bond donors (Lipinski definition) is 0. The van der Waals surface area contributed by atoms with E-state index in [1.165, 1.54) is 10.9 Å². The molecule has 0 fully saturated rings. The fraction of sp³-hybridized carbons (Fsp3) is 0.421. The summed E-state index contributed by atoms with van der Waals surface area (Å²) in [6.45, 7) is 4.14. The van der Waals surface area contributed by atoms with Crippen LogP contribution in [-0.4, -0.2) is 45.3 Å². The fourth-order valence-electron chi connectivity index (χ4n) is 2.79. The predicted octanol–water partition coefficient (Wildman–Crippen LogP) is 2.93. The Hall–Kier alpha value is -2.27. The summed E-state index contributed by atoms with van der Waals surface area (Å²) in [5, 5.41) is 5.89. The van der Waals surface area contributed by atoms with Crippen molar-refractivity contribution in [2.75, 3.05) is 20.6 Å². The highest BCUT2D eigenvalue weighted by Gasteiger charge is 2.05. The standard InChI is InChI=1S/C19H25N5/c1-4-17-8-9-20-19(21-17)13-15-6-7-16-14-24(22-18(16)12-15)11-5-10-23(2)3/h6-9,12,14H,4-5,10-11,13H2,1-3H3. The minimum Gasteiger partial charge on any atom is -0.309 e. The molecule has 24 heavy (non-hydrogen) atoms. The highest BCUT2D eigenvalue weighted by atomic mass is 15.3. The molecular formula is C19H25N5. The van der Waals surface area contributed by atoms with Gasteiger partial charge in [0.2, 0.25) is 0 Å². The third-order valence-corrected chi connectivity index (χ3v) is 4.10. The second-order valence-corrected chi connectivity index (χ2v) is 6.44. The average Bonchev–Trinajstić information content (AvgIpc) is 2.96. The summed E-state index contributed by atoms with van der Waals surface area (Å²) in [5.41, 5.74) is 3.34. The van der Waals surface area contributed by atoms with Crippen LogP contribution >= 0.6 is 0 Å². The molecule has 1 aromatic carbocycles. The lowest BCUT2D eigenvalue weighted by Crippen LogP contribution is -2.15. The summed E-state index contributed by atoms with van der Waals surface area (Å²) in [7, 11) is 4.20. The van der Waals surface area contributed by atoms with Crippen LogP contribution in [0.1, 0.15) is 30.4 Å². The Balaban J connectivity index is 1.73. The number of fused-ring (bicyclic) bond motifs is 1. The molecule has 0 N–H and O–H groups in total. The van der Waals surface area contributed by atoms with Gasteiger partial charge in [-0.05, 0) is 51.2 Å².